The maximum Gasteiger partial charge on any atom is 0.0438 e. The predicted molar refractivity (Wildman–Crippen MR) is 88.5 cm³/mol. The molecule has 112 valence electrons. The van der Waals surface area contributed by atoms with Gasteiger partial charge in [0.1, 0.15) is 0 Å². The molecule has 1 aromatic carbocycles. The van der Waals surface area contributed by atoms with Crippen molar-refractivity contribution in [1.82, 2.24) is 5.32 Å². The predicted octanol–water partition coefficient (Wildman–Crippen LogP) is 5.58. The third kappa shape index (κ3) is 3.99. The molecule has 1 nitrogen and oxygen atoms in total. The highest BCUT2D eigenvalue weighted by Gasteiger charge is 2.19. The lowest BCUT2D eigenvalue weighted by atomic mass is 9.91. The molecule has 0 saturated heterocycles. The molecule has 1 fully saturated rings. The summed E-state index contributed by atoms with van der Waals surface area (Å²) in [7, 11) is 0. The molecule has 0 spiro atoms. The van der Waals surface area contributed by atoms with Crippen molar-refractivity contribution < 1.29 is 0 Å². The minimum Gasteiger partial charge on any atom is -0.310 e. The van der Waals surface area contributed by atoms with E-state index in [9.17, 15) is 0 Å². The van der Waals surface area contributed by atoms with Gasteiger partial charge in [-0.15, -0.1) is 0 Å². The van der Waals surface area contributed by atoms with Crippen LogP contribution in [-0.4, -0.2) is 6.54 Å². The van der Waals surface area contributed by atoms with Crippen molar-refractivity contribution in [2.45, 2.75) is 65.3 Å². The molecular formula is C18H28ClN. The number of rotatable bonds is 6. The third-order valence-corrected chi connectivity index (χ3v) is 5.12. The van der Waals surface area contributed by atoms with E-state index in [1.807, 2.05) is 0 Å². The molecule has 1 aromatic rings. The minimum atomic E-state index is 0.483. The molecule has 0 bridgehead atoms. The fraction of sp³-hybridized carbons (Fsp3) is 0.667. The van der Waals surface area contributed by atoms with Crippen LogP contribution >= 0.6 is 11.6 Å². The SMILES string of the molecule is CCNC(CCC1CCCC1)c1cc(C)c(Cl)cc1C. The average Bonchev–Trinajstić information content (AvgIpc) is 2.92. The Labute approximate surface area is 129 Å². The molecule has 1 saturated carbocycles. The van der Waals surface area contributed by atoms with Gasteiger partial charge in [0.2, 0.25) is 0 Å². The number of hydrogen-bond acceptors (Lipinski definition) is 1. The zero-order chi connectivity index (χ0) is 14.5. The second-order valence-electron chi connectivity index (χ2n) is 6.30. The highest BCUT2D eigenvalue weighted by Crippen LogP contribution is 2.33. The summed E-state index contributed by atoms with van der Waals surface area (Å²) >= 11 is 6.23. The molecule has 20 heavy (non-hydrogen) atoms. The Hall–Kier alpha value is -0.530. The first kappa shape index (κ1) is 15.9. The Morgan fingerprint density at radius 2 is 1.90 bits per heavy atom. The quantitative estimate of drug-likeness (QED) is 0.722. The zero-order valence-electron chi connectivity index (χ0n) is 13.1. The fourth-order valence-corrected chi connectivity index (χ4v) is 3.71. The topological polar surface area (TPSA) is 12.0 Å². The van der Waals surface area contributed by atoms with Crippen LogP contribution in [0.4, 0.5) is 0 Å². The Morgan fingerprint density at radius 1 is 1.20 bits per heavy atom. The second-order valence-corrected chi connectivity index (χ2v) is 6.70. The van der Waals surface area contributed by atoms with Crippen molar-refractivity contribution in [3.05, 3.63) is 33.8 Å². The molecule has 1 aliphatic carbocycles. The zero-order valence-corrected chi connectivity index (χ0v) is 13.9. The van der Waals surface area contributed by atoms with Crippen LogP contribution in [-0.2, 0) is 0 Å². The van der Waals surface area contributed by atoms with Crippen molar-refractivity contribution in [2.75, 3.05) is 6.54 Å². The highest BCUT2D eigenvalue weighted by molar-refractivity contribution is 6.31. The van der Waals surface area contributed by atoms with Crippen LogP contribution in [0.5, 0.6) is 0 Å². The van der Waals surface area contributed by atoms with E-state index in [0.29, 0.717) is 6.04 Å². The molecule has 0 radical (unpaired) electrons. The molecule has 0 amide bonds. The van der Waals surface area contributed by atoms with E-state index >= 15 is 0 Å². The first-order valence-corrected chi connectivity index (χ1v) is 8.49. The van der Waals surface area contributed by atoms with Crippen molar-refractivity contribution in [3.63, 3.8) is 0 Å². The molecule has 1 unspecified atom stereocenters. The van der Waals surface area contributed by atoms with Crippen molar-refractivity contribution in [3.8, 4) is 0 Å². The Bertz CT molecular complexity index is 435. The summed E-state index contributed by atoms with van der Waals surface area (Å²) in [6, 6.07) is 4.88. The van der Waals surface area contributed by atoms with Gasteiger partial charge in [-0.1, -0.05) is 50.3 Å². The summed E-state index contributed by atoms with van der Waals surface area (Å²) in [4.78, 5) is 0. The van der Waals surface area contributed by atoms with E-state index in [0.717, 1.165) is 17.5 Å². The lowest BCUT2D eigenvalue weighted by Gasteiger charge is -2.23. The summed E-state index contributed by atoms with van der Waals surface area (Å²) in [6.07, 6.45) is 8.37. The molecule has 1 atom stereocenters. The first-order chi connectivity index (χ1) is 9.61. The van der Waals surface area contributed by atoms with Crippen LogP contribution in [0, 0.1) is 19.8 Å². The van der Waals surface area contributed by atoms with Gasteiger partial charge in [-0.3, -0.25) is 0 Å². The van der Waals surface area contributed by atoms with Gasteiger partial charge in [-0.05, 0) is 61.9 Å². The fourth-order valence-electron chi connectivity index (χ4n) is 3.49. The van der Waals surface area contributed by atoms with Crippen LogP contribution in [0.1, 0.15) is 68.2 Å². The summed E-state index contributed by atoms with van der Waals surface area (Å²) in [5, 5.41) is 4.55. The summed E-state index contributed by atoms with van der Waals surface area (Å²) in [6.45, 7) is 7.50. The number of benzene rings is 1. The molecule has 1 N–H and O–H groups in total. The molecule has 0 aliphatic heterocycles. The first-order valence-electron chi connectivity index (χ1n) is 8.11. The standard InChI is InChI=1S/C18H28ClN/c1-4-20-18(10-9-15-7-5-6-8-15)16-11-14(3)17(19)12-13(16)2/h11-12,15,18,20H,4-10H2,1-3H3. The average molecular weight is 294 g/mol. The van der Waals surface area contributed by atoms with Crippen LogP contribution < -0.4 is 5.32 Å². The van der Waals surface area contributed by atoms with Gasteiger partial charge in [-0.25, -0.2) is 0 Å². The van der Waals surface area contributed by atoms with Gasteiger partial charge in [-0.2, -0.15) is 0 Å². The van der Waals surface area contributed by atoms with E-state index in [1.165, 1.54) is 55.2 Å². The van der Waals surface area contributed by atoms with Gasteiger partial charge >= 0.3 is 0 Å². The number of aryl methyl sites for hydroxylation is 2. The van der Waals surface area contributed by atoms with Gasteiger partial charge in [0.25, 0.3) is 0 Å². The lowest BCUT2D eigenvalue weighted by molar-refractivity contribution is 0.416. The molecule has 1 aliphatic rings. The van der Waals surface area contributed by atoms with Gasteiger partial charge in [0, 0.05) is 11.1 Å². The summed E-state index contributed by atoms with van der Waals surface area (Å²) < 4.78 is 0. The van der Waals surface area contributed by atoms with E-state index < -0.39 is 0 Å². The summed E-state index contributed by atoms with van der Waals surface area (Å²) in [5.74, 6) is 0.963. The van der Waals surface area contributed by atoms with Crippen LogP contribution in [0.25, 0.3) is 0 Å². The third-order valence-electron chi connectivity index (χ3n) is 4.71. The Balaban J connectivity index is 2.08. The van der Waals surface area contributed by atoms with Crippen molar-refractivity contribution in [2.24, 2.45) is 5.92 Å². The normalized spacial score (nSPS) is 17.6. The Morgan fingerprint density at radius 3 is 2.55 bits per heavy atom. The monoisotopic (exact) mass is 293 g/mol. The minimum absolute atomic E-state index is 0.483. The smallest absolute Gasteiger partial charge is 0.0438 e. The maximum absolute atomic E-state index is 6.23. The van der Waals surface area contributed by atoms with E-state index in [1.54, 1.807) is 0 Å². The van der Waals surface area contributed by atoms with E-state index in [4.69, 9.17) is 11.6 Å². The molecular weight excluding hydrogens is 266 g/mol. The van der Waals surface area contributed by atoms with Gasteiger partial charge in [0.15, 0.2) is 0 Å². The van der Waals surface area contributed by atoms with Crippen LogP contribution in [0.3, 0.4) is 0 Å². The molecule has 0 aromatic heterocycles. The van der Waals surface area contributed by atoms with Crippen LogP contribution in [0.15, 0.2) is 12.1 Å². The Kier molecular flexibility index (Phi) is 5.92. The lowest BCUT2D eigenvalue weighted by Crippen LogP contribution is -2.22. The van der Waals surface area contributed by atoms with Gasteiger partial charge in [0.05, 0.1) is 0 Å². The number of hydrogen-bond donors (Lipinski definition) is 1. The molecule has 2 heteroatoms. The summed E-state index contributed by atoms with van der Waals surface area (Å²) in [5.41, 5.74) is 3.95. The number of nitrogens with one attached hydrogen (secondary N) is 1. The van der Waals surface area contributed by atoms with Crippen molar-refractivity contribution in [1.29, 1.82) is 0 Å². The van der Waals surface area contributed by atoms with Crippen LogP contribution in [0.2, 0.25) is 5.02 Å². The highest BCUT2D eigenvalue weighted by atomic mass is 35.5. The van der Waals surface area contributed by atoms with Gasteiger partial charge < -0.3 is 5.32 Å². The largest absolute Gasteiger partial charge is 0.310 e. The van der Waals surface area contributed by atoms with Crippen molar-refractivity contribution >= 4 is 11.6 Å². The number of halogens is 1. The molecule has 2 rings (SSSR count). The van der Waals surface area contributed by atoms with E-state index in [-0.39, 0.29) is 0 Å². The maximum atomic E-state index is 6.23. The second kappa shape index (κ2) is 7.47. The molecule has 0 heterocycles. The van der Waals surface area contributed by atoms with E-state index in [2.05, 4.69) is 38.2 Å².